The Morgan fingerprint density at radius 1 is 1.47 bits per heavy atom. The van der Waals surface area contributed by atoms with Crippen LogP contribution in [0.2, 0.25) is 0 Å². The fourth-order valence-electron chi connectivity index (χ4n) is 1.28. The molecule has 1 atom stereocenters. The van der Waals surface area contributed by atoms with Gasteiger partial charge in [-0.3, -0.25) is 9.78 Å². The van der Waals surface area contributed by atoms with Gasteiger partial charge in [-0.15, -0.1) is 12.4 Å². The van der Waals surface area contributed by atoms with Gasteiger partial charge in [0.1, 0.15) is 0 Å². The molecule has 0 bridgehead atoms. The third kappa shape index (κ3) is 5.65. The number of nitrogens with two attached hydrogens (primary N) is 1. The van der Waals surface area contributed by atoms with Crippen LogP contribution in [0.4, 0.5) is 0 Å². The lowest BCUT2D eigenvalue weighted by Gasteiger charge is -2.14. The van der Waals surface area contributed by atoms with Crippen LogP contribution in [0, 0.1) is 5.92 Å². The van der Waals surface area contributed by atoms with Crippen molar-refractivity contribution in [3.05, 3.63) is 30.1 Å². The van der Waals surface area contributed by atoms with Crippen molar-refractivity contribution in [2.45, 2.75) is 26.3 Å². The second-order valence-electron chi connectivity index (χ2n) is 4.13. The normalized spacial score (nSPS) is 11.8. The summed E-state index contributed by atoms with van der Waals surface area (Å²) >= 11 is 0. The standard InChI is InChI=1S/C12H19N3O.ClH/c1-9(2)11(13)12(16)15-8-6-10-5-3-4-7-14-10;/h3-5,7,9,11H,6,8,13H2,1-2H3,(H,15,16);1H/t11-;/m0./s1. The number of amides is 1. The lowest BCUT2D eigenvalue weighted by atomic mass is 10.1. The summed E-state index contributed by atoms with van der Waals surface area (Å²) < 4.78 is 0. The van der Waals surface area contributed by atoms with Gasteiger partial charge in [-0.1, -0.05) is 19.9 Å². The fraction of sp³-hybridized carbons (Fsp3) is 0.500. The first kappa shape index (κ1) is 15.9. The van der Waals surface area contributed by atoms with Gasteiger partial charge in [0.15, 0.2) is 0 Å². The van der Waals surface area contributed by atoms with Crippen LogP contribution >= 0.6 is 12.4 Å². The highest BCUT2D eigenvalue weighted by Crippen LogP contribution is 1.98. The Bertz CT molecular complexity index is 330. The van der Waals surface area contributed by atoms with Crippen molar-refractivity contribution in [1.82, 2.24) is 10.3 Å². The van der Waals surface area contributed by atoms with Crippen LogP contribution in [0.25, 0.3) is 0 Å². The minimum Gasteiger partial charge on any atom is -0.354 e. The van der Waals surface area contributed by atoms with Gasteiger partial charge in [0, 0.05) is 24.9 Å². The molecular weight excluding hydrogens is 238 g/mol. The topological polar surface area (TPSA) is 68.0 Å². The summed E-state index contributed by atoms with van der Waals surface area (Å²) in [5.41, 5.74) is 6.68. The second-order valence-corrected chi connectivity index (χ2v) is 4.13. The first-order valence-electron chi connectivity index (χ1n) is 5.54. The lowest BCUT2D eigenvalue weighted by Crippen LogP contribution is -2.44. The van der Waals surface area contributed by atoms with Crippen LogP contribution in [0.1, 0.15) is 19.5 Å². The van der Waals surface area contributed by atoms with Gasteiger partial charge < -0.3 is 11.1 Å². The Hall–Kier alpha value is -1.13. The molecule has 1 amide bonds. The number of halogens is 1. The monoisotopic (exact) mass is 257 g/mol. The molecule has 0 saturated heterocycles. The smallest absolute Gasteiger partial charge is 0.237 e. The lowest BCUT2D eigenvalue weighted by molar-refractivity contribution is -0.123. The first-order valence-corrected chi connectivity index (χ1v) is 5.54. The van der Waals surface area contributed by atoms with Crippen molar-refractivity contribution in [2.75, 3.05) is 6.54 Å². The Kier molecular flexibility index (Phi) is 7.50. The molecule has 1 heterocycles. The number of aromatic nitrogens is 1. The summed E-state index contributed by atoms with van der Waals surface area (Å²) in [5.74, 6) is 0.0702. The molecule has 0 spiro atoms. The molecule has 1 aromatic heterocycles. The van der Waals surface area contributed by atoms with Gasteiger partial charge in [-0.2, -0.15) is 0 Å². The summed E-state index contributed by atoms with van der Waals surface area (Å²) in [7, 11) is 0. The number of carbonyl (C=O) groups excluding carboxylic acids is 1. The Morgan fingerprint density at radius 3 is 2.71 bits per heavy atom. The molecule has 1 aromatic rings. The van der Waals surface area contributed by atoms with E-state index in [0.717, 1.165) is 12.1 Å². The molecule has 5 heteroatoms. The summed E-state index contributed by atoms with van der Waals surface area (Å²) in [4.78, 5) is 15.7. The zero-order valence-electron chi connectivity index (χ0n) is 10.2. The van der Waals surface area contributed by atoms with Crippen molar-refractivity contribution in [3.8, 4) is 0 Å². The van der Waals surface area contributed by atoms with Gasteiger partial charge >= 0.3 is 0 Å². The van der Waals surface area contributed by atoms with Gasteiger partial charge in [0.2, 0.25) is 5.91 Å². The molecule has 0 aliphatic rings. The van der Waals surface area contributed by atoms with E-state index in [9.17, 15) is 4.79 Å². The number of hydrogen-bond acceptors (Lipinski definition) is 3. The molecule has 96 valence electrons. The third-order valence-electron chi connectivity index (χ3n) is 2.43. The average molecular weight is 258 g/mol. The van der Waals surface area contributed by atoms with Crippen LogP contribution in [-0.2, 0) is 11.2 Å². The molecule has 0 unspecified atom stereocenters. The Labute approximate surface area is 108 Å². The van der Waals surface area contributed by atoms with E-state index in [4.69, 9.17) is 5.73 Å². The molecule has 0 saturated carbocycles. The van der Waals surface area contributed by atoms with Gasteiger partial charge in [0.25, 0.3) is 0 Å². The zero-order chi connectivity index (χ0) is 12.0. The van der Waals surface area contributed by atoms with Crippen molar-refractivity contribution in [1.29, 1.82) is 0 Å². The second kappa shape index (κ2) is 8.03. The molecule has 0 aliphatic carbocycles. The highest BCUT2D eigenvalue weighted by Gasteiger charge is 2.16. The average Bonchev–Trinajstić information content (AvgIpc) is 2.29. The maximum Gasteiger partial charge on any atom is 0.237 e. The maximum absolute atomic E-state index is 11.5. The van der Waals surface area contributed by atoms with Crippen LogP contribution in [-0.4, -0.2) is 23.5 Å². The Morgan fingerprint density at radius 2 is 2.18 bits per heavy atom. The van der Waals surface area contributed by atoms with E-state index in [1.165, 1.54) is 0 Å². The van der Waals surface area contributed by atoms with E-state index in [2.05, 4.69) is 10.3 Å². The van der Waals surface area contributed by atoms with Crippen LogP contribution in [0.5, 0.6) is 0 Å². The summed E-state index contributed by atoms with van der Waals surface area (Å²) in [5, 5.41) is 2.81. The minimum absolute atomic E-state index is 0. The Balaban J connectivity index is 0.00000256. The summed E-state index contributed by atoms with van der Waals surface area (Å²) in [6.07, 6.45) is 2.48. The predicted octanol–water partition coefficient (Wildman–Crippen LogP) is 1.15. The number of nitrogens with one attached hydrogen (secondary N) is 1. The van der Waals surface area contributed by atoms with Gasteiger partial charge in [-0.05, 0) is 18.1 Å². The van der Waals surface area contributed by atoms with Crippen molar-refractivity contribution >= 4 is 18.3 Å². The van der Waals surface area contributed by atoms with E-state index in [1.54, 1.807) is 6.20 Å². The number of nitrogens with zero attached hydrogens (tertiary/aromatic N) is 1. The number of carbonyl (C=O) groups is 1. The SMILES string of the molecule is CC(C)[C@H](N)C(=O)NCCc1ccccn1.Cl. The maximum atomic E-state index is 11.5. The summed E-state index contributed by atoms with van der Waals surface area (Å²) in [6.45, 7) is 4.45. The highest BCUT2D eigenvalue weighted by molar-refractivity contribution is 5.85. The van der Waals surface area contributed by atoms with Crippen molar-refractivity contribution < 1.29 is 4.79 Å². The van der Waals surface area contributed by atoms with Gasteiger partial charge in [-0.25, -0.2) is 0 Å². The van der Waals surface area contributed by atoms with Gasteiger partial charge in [0.05, 0.1) is 6.04 Å². The third-order valence-corrected chi connectivity index (χ3v) is 2.43. The summed E-state index contributed by atoms with van der Waals surface area (Å²) in [6, 6.07) is 5.32. The minimum atomic E-state index is -0.427. The number of hydrogen-bond donors (Lipinski definition) is 2. The van der Waals surface area contributed by atoms with Crippen LogP contribution in [0.3, 0.4) is 0 Å². The van der Waals surface area contributed by atoms with Crippen molar-refractivity contribution in [2.24, 2.45) is 11.7 Å². The largest absolute Gasteiger partial charge is 0.354 e. The van der Waals surface area contributed by atoms with E-state index < -0.39 is 6.04 Å². The molecule has 0 fully saturated rings. The van der Waals surface area contributed by atoms with E-state index in [0.29, 0.717) is 6.54 Å². The van der Waals surface area contributed by atoms with Crippen LogP contribution < -0.4 is 11.1 Å². The molecule has 0 aromatic carbocycles. The number of pyridine rings is 1. The highest BCUT2D eigenvalue weighted by atomic mass is 35.5. The molecule has 4 nitrogen and oxygen atoms in total. The van der Waals surface area contributed by atoms with E-state index in [-0.39, 0.29) is 24.2 Å². The molecular formula is C12H20ClN3O. The first-order chi connectivity index (χ1) is 7.61. The molecule has 17 heavy (non-hydrogen) atoms. The molecule has 1 rings (SSSR count). The quantitative estimate of drug-likeness (QED) is 0.831. The molecule has 0 radical (unpaired) electrons. The van der Waals surface area contributed by atoms with Crippen molar-refractivity contribution in [3.63, 3.8) is 0 Å². The number of rotatable bonds is 5. The fourth-order valence-corrected chi connectivity index (χ4v) is 1.28. The van der Waals surface area contributed by atoms with Crippen LogP contribution in [0.15, 0.2) is 24.4 Å². The van der Waals surface area contributed by atoms with E-state index in [1.807, 2.05) is 32.0 Å². The zero-order valence-corrected chi connectivity index (χ0v) is 11.0. The molecule has 0 aliphatic heterocycles. The predicted molar refractivity (Wildman–Crippen MR) is 71.0 cm³/mol. The molecule has 3 N–H and O–H groups in total. The van der Waals surface area contributed by atoms with E-state index >= 15 is 0 Å².